The monoisotopic (exact) mass is 254 g/mol. The summed E-state index contributed by atoms with van der Waals surface area (Å²) in [5.41, 5.74) is 4.19. The summed E-state index contributed by atoms with van der Waals surface area (Å²) in [4.78, 5) is 0. The Labute approximate surface area is 103 Å². The van der Waals surface area contributed by atoms with E-state index in [1.54, 1.807) is 24.0 Å². The van der Waals surface area contributed by atoms with Gasteiger partial charge in [-0.1, -0.05) is 17.7 Å². The van der Waals surface area contributed by atoms with Crippen molar-refractivity contribution in [2.45, 2.75) is 6.04 Å². The molecule has 17 heavy (non-hydrogen) atoms. The molecule has 0 bridgehead atoms. The maximum Gasteiger partial charge on any atom is 0.142 e. The topological polar surface area (TPSA) is 55.9 Å². The number of nitrogens with two attached hydrogens (primary N) is 1. The van der Waals surface area contributed by atoms with Crippen LogP contribution in [-0.2, 0) is 7.05 Å². The van der Waals surface area contributed by atoms with Crippen molar-refractivity contribution >= 4 is 11.6 Å². The largest absolute Gasteiger partial charge is 0.275 e. The number of hydrogen-bond donors (Lipinski definition) is 2. The summed E-state index contributed by atoms with van der Waals surface area (Å²) in [6.45, 7) is 0. The van der Waals surface area contributed by atoms with Crippen LogP contribution < -0.4 is 11.3 Å². The van der Waals surface area contributed by atoms with Crippen LogP contribution in [0, 0.1) is 5.82 Å². The number of rotatable bonds is 3. The maximum atomic E-state index is 13.4. The van der Waals surface area contributed by atoms with E-state index in [2.05, 4.69) is 10.5 Å². The van der Waals surface area contributed by atoms with Gasteiger partial charge in [0.1, 0.15) is 5.82 Å². The zero-order valence-electron chi connectivity index (χ0n) is 9.19. The number of hydrogen-bond acceptors (Lipinski definition) is 3. The molecule has 1 aromatic heterocycles. The zero-order valence-corrected chi connectivity index (χ0v) is 9.95. The van der Waals surface area contributed by atoms with E-state index in [1.165, 1.54) is 12.1 Å². The molecule has 6 heteroatoms. The van der Waals surface area contributed by atoms with Crippen LogP contribution >= 0.6 is 11.6 Å². The molecular formula is C11H12ClFN4. The molecule has 0 amide bonds. The smallest absolute Gasteiger partial charge is 0.142 e. The van der Waals surface area contributed by atoms with Gasteiger partial charge in [-0.05, 0) is 17.7 Å². The molecule has 1 heterocycles. The van der Waals surface area contributed by atoms with Gasteiger partial charge in [-0.15, -0.1) is 0 Å². The van der Waals surface area contributed by atoms with Crippen molar-refractivity contribution < 1.29 is 4.39 Å². The van der Waals surface area contributed by atoms with Gasteiger partial charge in [0.15, 0.2) is 0 Å². The molecule has 2 rings (SSSR count). The Morgan fingerprint density at radius 3 is 2.76 bits per heavy atom. The molecule has 0 spiro atoms. The Kier molecular flexibility index (Phi) is 3.42. The molecule has 0 aliphatic rings. The number of benzene rings is 1. The lowest BCUT2D eigenvalue weighted by molar-refractivity contribution is 0.605. The normalized spacial score (nSPS) is 12.7. The van der Waals surface area contributed by atoms with Gasteiger partial charge in [0, 0.05) is 18.8 Å². The van der Waals surface area contributed by atoms with E-state index in [0.717, 1.165) is 5.56 Å². The summed E-state index contributed by atoms with van der Waals surface area (Å²) >= 11 is 5.64. The third kappa shape index (κ3) is 2.46. The minimum atomic E-state index is -0.465. The second-order valence-corrected chi connectivity index (χ2v) is 4.13. The lowest BCUT2D eigenvalue weighted by atomic mass is 10.0. The highest BCUT2D eigenvalue weighted by atomic mass is 35.5. The van der Waals surface area contributed by atoms with Crippen LogP contribution in [0.1, 0.15) is 17.2 Å². The Morgan fingerprint density at radius 2 is 2.24 bits per heavy atom. The molecule has 4 nitrogen and oxygen atoms in total. The highest BCUT2D eigenvalue weighted by molar-refractivity contribution is 6.30. The summed E-state index contributed by atoms with van der Waals surface area (Å²) in [6.07, 6.45) is 3.49. The second kappa shape index (κ2) is 4.83. The van der Waals surface area contributed by atoms with E-state index >= 15 is 0 Å². The Morgan fingerprint density at radius 1 is 1.47 bits per heavy atom. The fourth-order valence-corrected chi connectivity index (χ4v) is 1.78. The van der Waals surface area contributed by atoms with Gasteiger partial charge in [0.2, 0.25) is 0 Å². The van der Waals surface area contributed by atoms with Gasteiger partial charge >= 0.3 is 0 Å². The molecule has 0 aliphatic heterocycles. The highest BCUT2D eigenvalue weighted by Gasteiger charge is 2.15. The summed E-state index contributed by atoms with van der Waals surface area (Å²) < 4.78 is 15.0. The van der Waals surface area contributed by atoms with E-state index in [0.29, 0.717) is 5.56 Å². The third-order valence-corrected chi connectivity index (χ3v) is 2.81. The van der Waals surface area contributed by atoms with Gasteiger partial charge in [-0.25, -0.2) is 9.82 Å². The minimum absolute atomic E-state index is 0.0932. The molecule has 1 aromatic carbocycles. The van der Waals surface area contributed by atoms with Crippen molar-refractivity contribution in [3.8, 4) is 0 Å². The first-order valence-corrected chi connectivity index (χ1v) is 5.39. The lowest BCUT2D eigenvalue weighted by Gasteiger charge is -2.14. The van der Waals surface area contributed by atoms with Crippen LogP contribution in [-0.4, -0.2) is 9.78 Å². The van der Waals surface area contributed by atoms with Gasteiger partial charge in [0.25, 0.3) is 0 Å². The number of hydrazine groups is 1. The first-order valence-electron chi connectivity index (χ1n) is 5.01. The lowest BCUT2D eigenvalue weighted by Crippen LogP contribution is -2.28. The van der Waals surface area contributed by atoms with Gasteiger partial charge in [0.05, 0.1) is 17.3 Å². The average molecular weight is 255 g/mol. The summed E-state index contributed by atoms with van der Waals surface area (Å²) in [7, 11) is 1.81. The van der Waals surface area contributed by atoms with Crippen LogP contribution in [0.15, 0.2) is 30.6 Å². The summed E-state index contributed by atoms with van der Waals surface area (Å²) in [5, 5.41) is 4.15. The summed E-state index contributed by atoms with van der Waals surface area (Å²) in [5.74, 6) is 5.03. The summed E-state index contributed by atoms with van der Waals surface area (Å²) in [6, 6.07) is 4.28. The predicted molar refractivity (Wildman–Crippen MR) is 63.8 cm³/mol. The quantitative estimate of drug-likeness (QED) is 0.648. The second-order valence-electron chi connectivity index (χ2n) is 3.72. The molecule has 0 aliphatic carbocycles. The van der Waals surface area contributed by atoms with Gasteiger partial charge < -0.3 is 0 Å². The number of halogens is 2. The van der Waals surface area contributed by atoms with Crippen LogP contribution in [0.5, 0.6) is 0 Å². The predicted octanol–water partition coefficient (Wildman–Crippen LogP) is 1.77. The third-order valence-electron chi connectivity index (χ3n) is 2.50. The number of nitrogens with one attached hydrogen (secondary N) is 1. The van der Waals surface area contributed by atoms with Crippen LogP contribution in [0.3, 0.4) is 0 Å². The molecule has 0 saturated heterocycles. The molecule has 2 aromatic rings. The maximum absolute atomic E-state index is 13.4. The number of aromatic nitrogens is 2. The molecule has 1 atom stereocenters. The van der Waals surface area contributed by atoms with Crippen molar-refractivity contribution in [2.75, 3.05) is 0 Å². The average Bonchev–Trinajstić information content (AvgIpc) is 2.71. The fourth-order valence-electron chi connectivity index (χ4n) is 1.67. The van der Waals surface area contributed by atoms with E-state index in [4.69, 9.17) is 17.4 Å². The zero-order chi connectivity index (χ0) is 12.4. The van der Waals surface area contributed by atoms with Gasteiger partial charge in [-0.2, -0.15) is 5.10 Å². The minimum Gasteiger partial charge on any atom is -0.275 e. The SMILES string of the molecule is Cn1cc(C(NN)c2ccc(Cl)c(F)c2)cn1. The molecule has 90 valence electrons. The molecule has 0 radical (unpaired) electrons. The van der Waals surface area contributed by atoms with E-state index in [9.17, 15) is 4.39 Å². The molecule has 0 fully saturated rings. The fraction of sp³-hybridized carbons (Fsp3) is 0.182. The standard InChI is InChI=1S/C11H12ClFN4/c1-17-6-8(5-15-17)11(16-14)7-2-3-9(12)10(13)4-7/h2-6,11,16H,14H2,1H3. The molecule has 0 saturated carbocycles. The Balaban J connectivity index is 2.38. The van der Waals surface area contributed by atoms with Crippen molar-refractivity contribution in [1.82, 2.24) is 15.2 Å². The van der Waals surface area contributed by atoms with E-state index in [1.807, 2.05) is 6.20 Å². The van der Waals surface area contributed by atoms with Gasteiger partial charge in [-0.3, -0.25) is 10.5 Å². The van der Waals surface area contributed by atoms with Crippen LogP contribution in [0.25, 0.3) is 0 Å². The van der Waals surface area contributed by atoms with E-state index in [-0.39, 0.29) is 11.1 Å². The Bertz CT molecular complexity index is 526. The van der Waals surface area contributed by atoms with Crippen molar-refractivity contribution in [1.29, 1.82) is 0 Å². The highest BCUT2D eigenvalue weighted by Crippen LogP contribution is 2.24. The Hall–Kier alpha value is -1.43. The van der Waals surface area contributed by atoms with E-state index < -0.39 is 5.82 Å². The first-order chi connectivity index (χ1) is 8.11. The van der Waals surface area contributed by atoms with Crippen LogP contribution in [0.2, 0.25) is 5.02 Å². The first kappa shape index (κ1) is 12.0. The molecule has 1 unspecified atom stereocenters. The van der Waals surface area contributed by atoms with Crippen molar-refractivity contribution in [3.05, 3.63) is 52.6 Å². The van der Waals surface area contributed by atoms with Crippen LogP contribution in [0.4, 0.5) is 4.39 Å². The number of nitrogens with zero attached hydrogens (tertiary/aromatic N) is 2. The van der Waals surface area contributed by atoms with Crippen molar-refractivity contribution in [2.24, 2.45) is 12.9 Å². The number of aryl methyl sites for hydroxylation is 1. The molecule has 3 N–H and O–H groups in total. The van der Waals surface area contributed by atoms with Crippen molar-refractivity contribution in [3.63, 3.8) is 0 Å². The molecular weight excluding hydrogens is 243 g/mol.